The van der Waals surface area contributed by atoms with Crippen LogP contribution in [0.2, 0.25) is 0 Å². The second-order valence-corrected chi connectivity index (χ2v) is 15.0. The van der Waals surface area contributed by atoms with Gasteiger partial charge in [-0.2, -0.15) is 0 Å². The lowest BCUT2D eigenvalue weighted by Crippen LogP contribution is -3.61. The molecule has 0 saturated heterocycles. The number of sulfonamides is 1. The van der Waals surface area contributed by atoms with Crippen molar-refractivity contribution >= 4 is 19.9 Å². The zero-order valence-electron chi connectivity index (χ0n) is 17.8. The highest BCUT2D eigenvalue weighted by Gasteiger charge is 2.38. The van der Waals surface area contributed by atoms with Crippen molar-refractivity contribution in [2.45, 2.75) is 55.9 Å². The van der Waals surface area contributed by atoms with Crippen molar-refractivity contribution in [3.63, 3.8) is 0 Å². The molecule has 0 fully saturated rings. The van der Waals surface area contributed by atoms with Crippen LogP contribution in [-0.2, 0) is 19.9 Å². The molecule has 1 unspecified atom stereocenters. The van der Waals surface area contributed by atoms with Crippen molar-refractivity contribution in [1.29, 1.82) is 0 Å². The fraction of sp³-hybridized carbons (Fsp3) is 0.455. The molecule has 2 aromatic rings. The Balaban J connectivity index is 2.23. The Kier molecular flexibility index (Phi) is 9.77. The third kappa shape index (κ3) is 6.51. The average Bonchev–Trinajstić information content (AvgIpc) is 2.74. The molecule has 0 aromatic heterocycles. The van der Waals surface area contributed by atoms with Crippen LogP contribution in [-0.4, -0.2) is 38.8 Å². The smallest absolute Gasteiger partial charge is 0.222 e. The van der Waals surface area contributed by atoms with E-state index < -0.39 is 45.6 Å². The summed E-state index contributed by atoms with van der Waals surface area (Å²) in [5.41, 5.74) is 0. The molecule has 0 radical (unpaired) electrons. The molecule has 2 aromatic carbocycles. The van der Waals surface area contributed by atoms with E-state index in [-0.39, 0.29) is 4.90 Å². The zero-order valence-corrected chi connectivity index (χ0v) is 21.6. The number of halogens is 1. The first-order valence-electron chi connectivity index (χ1n) is 10.3. The van der Waals surface area contributed by atoms with Gasteiger partial charge in [-0.15, -0.1) is 0 Å². The lowest BCUT2D eigenvalue weighted by atomic mass is 10.3. The summed E-state index contributed by atoms with van der Waals surface area (Å²) in [5.74, 6) is 0. The summed E-state index contributed by atoms with van der Waals surface area (Å²) in [7, 11) is -7.96. The van der Waals surface area contributed by atoms with Crippen LogP contribution in [0.4, 0.5) is 0 Å². The molecule has 0 aliphatic heterocycles. The van der Waals surface area contributed by atoms with E-state index in [1.807, 2.05) is 32.0 Å². The average molecular weight is 565 g/mol. The number of unbranched alkanes of at least 4 members (excludes halogenated alkanes) is 2. The Morgan fingerprint density at radius 1 is 0.800 bits per heavy atom. The molecule has 2 rings (SSSR count). The maximum absolute atomic E-state index is 13.1. The first-order chi connectivity index (χ1) is 14.2. The van der Waals surface area contributed by atoms with Crippen molar-refractivity contribution in [2.24, 2.45) is 0 Å². The molecule has 166 valence electrons. The summed E-state index contributed by atoms with van der Waals surface area (Å²) in [6.45, 7) is 5.99. The predicted molar refractivity (Wildman–Crippen MR) is 117 cm³/mol. The molecule has 0 N–H and O–H groups in total. The van der Waals surface area contributed by atoms with Gasteiger partial charge in [0.1, 0.15) is 0 Å². The van der Waals surface area contributed by atoms with Crippen molar-refractivity contribution in [3.8, 4) is 0 Å². The molecule has 30 heavy (non-hydrogen) atoms. The van der Waals surface area contributed by atoms with Crippen LogP contribution in [0.15, 0.2) is 59.5 Å². The second-order valence-electron chi connectivity index (χ2n) is 7.11. The van der Waals surface area contributed by atoms with Gasteiger partial charge in [0.25, 0.3) is 0 Å². The molecule has 0 aliphatic carbocycles. The summed E-state index contributed by atoms with van der Waals surface area (Å²) >= 11 is -0.406. The van der Waals surface area contributed by atoms with Gasteiger partial charge >= 0.3 is 21.2 Å². The van der Waals surface area contributed by atoms with Gasteiger partial charge in [-0.25, -0.2) is 21.1 Å². The Bertz CT molecular complexity index is 983. The maximum atomic E-state index is 13.1. The van der Waals surface area contributed by atoms with Crippen LogP contribution in [0.3, 0.4) is 0 Å². The summed E-state index contributed by atoms with van der Waals surface area (Å²) in [5, 5.41) is 0. The lowest BCUT2D eigenvalue weighted by Gasteiger charge is -2.25. The summed E-state index contributed by atoms with van der Waals surface area (Å²) in [6, 6.07) is 16.8. The molecular formula is C22H31INO4S2+. The molecule has 0 heterocycles. The standard InChI is InChI=1S/C22H31INO4S2/c1-4-6-17-24(18-7-5-2)30(27,28)19(3)29(25,26)22-15-13-21(14-16-22)23-20-11-9-8-10-12-20/h8-16,19H,4-7,17-18H2,1-3H3/q+1. The first-order valence-corrected chi connectivity index (χ1v) is 15.5. The number of hydrogen-bond acceptors (Lipinski definition) is 4. The topological polar surface area (TPSA) is 71.5 Å². The van der Waals surface area contributed by atoms with Crippen LogP contribution in [0.25, 0.3) is 0 Å². The highest BCUT2D eigenvalue weighted by atomic mass is 127. The number of nitrogens with zero attached hydrogens (tertiary/aromatic N) is 1. The van der Waals surface area contributed by atoms with E-state index in [2.05, 4.69) is 12.1 Å². The van der Waals surface area contributed by atoms with Crippen molar-refractivity contribution in [3.05, 3.63) is 61.7 Å². The van der Waals surface area contributed by atoms with E-state index >= 15 is 0 Å². The zero-order chi connectivity index (χ0) is 22.2. The van der Waals surface area contributed by atoms with E-state index in [9.17, 15) is 16.8 Å². The third-order valence-corrected chi connectivity index (χ3v) is 12.7. The Morgan fingerprint density at radius 2 is 1.30 bits per heavy atom. The van der Waals surface area contributed by atoms with Crippen LogP contribution in [0.5, 0.6) is 0 Å². The van der Waals surface area contributed by atoms with Crippen LogP contribution in [0.1, 0.15) is 46.5 Å². The van der Waals surface area contributed by atoms with Gasteiger partial charge in [0.15, 0.2) is 21.6 Å². The first kappa shape index (κ1) is 25.3. The van der Waals surface area contributed by atoms with E-state index in [0.29, 0.717) is 25.9 Å². The van der Waals surface area contributed by atoms with Gasteiger partial charge in [-0.05, 0) is 56.2 Å². The normalized spacial score (nSPS) is 13.5. The number of benzene rings is 2. The maximum Gasteiger partial charge on any atom is 0.357 e. The fourth-order valence-corrected chi connectivity index (χ4v) is 9.17. The monoisotopic (exact) mass is 564 g/mol. The Morgan fingerprint density at radius 3 is 1.80 bits per heavy atom. The largest absolute Gasteiger partial charge is 0.357 e. The number of sulfone groups is 1. The minimum atomic E-state index is -4.00. The van der Waals surface area contributed by atoms with Crippen molar-refractivity contribution in [1.82, 2.24) is 4.31 Å². The minimum absolute atomic E-state index is 0.0605. The Labute approximate surface area is 192 Å². The van der Waals surface area contributed by atoms with E-state index in [1.165, 1.54) is 14.8 Å². The van der Waals surface area contributed by atoms with Crippen molar-refractivity contribution in [2.75, 3.05) is 13.1 Å². The number of rotatable bonds is 12. The van der Waals surface area contributed by atoms with Crippen LogP contribution in [0, 0.1) is 7.14 Å². The van der Waals surface area contributed by atoms with Gasteiger partial charge < -0.3 is 0 Å². The number of hydrogen-bond donors (Lipinski definition) is 0. The third-order valence-electron chi connectivity index (χ3n) is 4.83. The fourth-order valence-electron chi connectivity index (χ4n) is 2.89. The molecule has 0 saturated carbocycles. The summed E-state index contributed by atoms with van der Waals surface area (Å²) in [4.78, 5) is 0.0605. The van der Waals surface area contributed by atoms with E-state index in [0.717, 1.165) is 16.4 Å². The van der Waals surface area contributed by atoms with Crippen LogP contribution < -0.4 is 21.2 Å². The van der Waals surface area contributed by atoms with Gasteiger partial charge in [0, 0.05) is 13.1 Å². The molecule has 0 aliphatic rings. The molecule has 0 bridgehead atoms. The molecule has 1 atom stereocenters. The van der Waals surface area contributed by atoms with E-state index in [1.54, 1.807) is 24.3 Å². The van der Waals surface area contributed by atoms with Gasteiger partial charge in [-0.3, -0.25) is 0 Å². The minimum Gasteiger partial charge on any atom is -0.222 e. The highest BCUT2D eigenvalue weighted by molar-refractivity contribution is 8.08. The van der Waals surface area contributed by atoms with Gasteiger partial charge in [-0.1, -0.05) is 44.9 Å². The SMILES string of the molecule is CCCCN(CCCC)S(=O)(=O)C(C)S(=O)(=O)c1ccc([I+]c2ccccc2)cc1. The molecular weight excluding hydrogens is 533 g/mol. The molecule has 8 heteroatoms. The van der Waals surface area contributed by atoms with E-state index in [4.69, 9.17) is 0 Å². The highest BCUT2D eigenvalue weighted by Crippen LogP contribution is 2.23. The quantitative estimate of drug-likeness (QED) is 0.363. The summed E-state index contributed by atoms with van der Waals surface area (Å²) in [6.07, 6.45) is 3.14. The van der Waals surface area contributed by atoms with Gasteiger partial charge in [0.2, 0.25) is 10.0 Å². The second kappa shape index (κ2) is 11.6. The lowest BCUT2D eigenvalue weighted by molar-refractivity contribution is -0.597. The predicted octanol–water partition coefficient (Wildman–Crippen LogP) is 1.17. The van der Waals surface area contributed by atoms with Crippen molar-refractivity contribution < 1.29 is 38.0 Å². The van der Waals surface area contributed by atoms with Gasteiger partial charge in [0.05, 0.1) is 4.90 Å². The Hall–Kier alpha value is -0.970. The molecule has 0 spiro atoms. The van der Waals surface area contributed by atoms with Crippen LogP contribution >= 0.6 is 0 Å². The summed E-state index contributed by atoms with van der Waals surface area (Å²) < 4.78 is 54.6. The molecule has 0 amide bonds. The molecule has 5 nitrogen and oxygen atoms in total.